The van der Waals surface area contributed by atoms with Gasteiger partial charge < -0.3 is 10.4 Å². The first kappa shape index (κ1) is 13.1. The number of aryl methyl sites for hydroxylation is 2. The summed E-state index contributed by atoms with van der Waals surface area (Å²) in [6.45, 7) is 1.70. The molecule has 0 fully saturated rings. The molecule has 104 valence electrons. The highest BCUT2D eigenvalue weighted by atomic mass is 32.1. The number of nitrogens with zero attached hydrogens (tertiary/aromatic N) is 1. The Kier molecular flexibility index (Phi) is 3.17. The molecule has 2 aromatic rings. The molecule has 0 saturated heterocycles. The van der Waals surface area contributed by atoms with E-state index in [-0.39, 0.29) is 5.82 Å². The van der Waals surface area contributed by atoms with Crippen LogP contribution < -0.4 is 5.32 Å². The Bertz CT molecular complexity index is 684. The van der Waals surface area contributed by atoms with Crippen LogP contribution in [0, 0.1) is 12.7 Å². The second-order valence-corrected chi connectivity index (χ2v) is 5.93. The van der Waals surface area contributed by atoms with Crippen LogP contribution in [0.4, 0.5) is 15.2 Å². The fourth-order valence-electron chi connectivity index (χ4n) is 2.32. The number of hydrogen-bond donors (Lipinski definition) is 2. The van der Waals surface area contributed by atoms with Crippen LogP contribution >= 0.6 is 11.3 Å². The van der Waals surface area contributed by atoms with Gasteiger partial charge in [0.2, 0.25) is 0 Å². The zero-order chi connectivity index (χ0) is 14.3. The van der Waals surface area contributed by atoms with E-state index in [4.69, 9.17) is 5.11 Å². The normalized spacial score (nSPS) is 17.0. The molecule has 0 amide bonds. The molecule has 6 heteroatoms. The van der Waals surface area contributed by atoms with E-state index < -0.39 is 11.9 Å². The van der Waals surface area contributed by atoms with Crippen LogP contribution in [-0.2, 0) is 11.2 Å². The van der Waals surface area contributed by atoms with Gasteiger partial charge in [0, 0.05) is 10.6 Å². The Morgan fingerprint density at radius 1 is 1.55 bits per heavy atom. The molecule has 0 aliphatic heterocycles. The highest BCUT2D eigenvalue weighted by molar-refractivity contribution is 7.15. The number of aliphatic carboxylic acids is 1. The number of carboxylic acids is 1. The lowest BCUT2D eigenvalue weighted by Gasteiger charge is -2.05. The van der Waals surface area contributed by atoms with E-state index in [0.29, 0.717) is 28.5 Å². The Morgan fingerprint density at radius 2 is 2.35 bits per heavy atom. The van der Waals surface area contributed by atoms with Gasteiger partial charge in [-0.15, -0.1) is 11.3 Å². The van der Waals surface area contributed by atoms with Crippen molar-refractivity contribution >= 4 is 28.1 Å². The van der Waals surface area contributed by atoms with Crippen molar-refractivity contribution in [3.05, 3.63) is 40.2 Å². The quantitative estimate of drug-likeness (QED) is 0.909. The number of hydrogen-bond acceptors (Lipinski definition) is 4. The van der Waals surface area contributed by atoms with Gasteiger partial charge >= 0.3 is 5.97 Å². The van der Waals surface area contributed by atoms with E-state index in [2.05, 4.69) is 10.3 Å². The van der Waals surface area contributed by atoms with Crippen molar-refractivity contribution < 1.29 is 14.3 Å². The summed E-state index contributed by atoms with van der Waals surface area (Å²) in [4.78, 5) is 16.5. The topological polar surface area (TPSA) is 62.2 Å². The van der Waals surface area contributed by atoms with Crippen LogP contribution in [0.5, 0.6) is 0 Å². The van der Waals surface area contributed by atoms with Crippen molar-refractivity contribution in [2.45, 2.75) is 25.7 Å². The number of benzene rings is 1. The van der Waals surface area contributed by atoms with E-state index in [1.54, 1.807) is 19.1 Å². The lowest BCUT2D eigenvalue weighted by molar-refractivity contribution is -0.138. The molecule has 1 aliphatic carbocycles. The largest absolute Gasteiger partial charge is 0.481 e. The van der Waals surface area contributed by atoms with E-state index in [9.17, 15) is 9.18 Å². The average Bonchev–Trinajstić information content (AvgIpc) is 2.93. The van der Waals surface area contributed by atoms with Gasteiger partial charge in [-0.3, -0.25) is 4.79 Å². The zero-order valence-corrected chi connectivity index (χ0v) is 11.6. The predicted molar refractivity (Wildman–Crippen MR) is 75.2 cm³/mol. The van der Waals surface area contributed by atoms with Crippen molar-refractivity contribution in [2.75, 3.05) is 5.32 Å². The zero-order valence-electron chi connectivity index (χ0n) is 10.8. The summed E-state index contributed by atoms with van der Waals surface area (Å²) in [6.07, 6.45) is 1.36. The molecular formula is C14H13FN2O2S. The minimum Gasteiger partial charge on any atom is -0.481 e. The Hall–Kier alpha value is -1.95. The number of thiazole rings is 1. The second kappa shape index (κ2) is 4.86. The lowest BCUT2D eigenvalue weighted by atomic mass is 10.1. The van der Waals surface area contributed by atoms with Crippen molar-refractivity contribution in [3.63, 3.8) is 0 Å². The molecule has 1 atom stereocenters. The molecule has 0 spiro atoms. The number of halogens is 1. The fourth-order valence-corrected chi connectivity index (χ4v) is 3.37. The maximum atomic E-state index is 13.5. The van der Waals surface area contributed by atoms with Crippen LogP contribution in [0.2, 0.25) is 0 Å². The Labute approximate surface area is 119 Å². The smallest absolute Gasteiger partial charge is 0.312 e. The molecule has 0 saturated carbocycles. The van der Waals surface area contributed by atoms with E-state index in [1.165, 1.54) is 17.4 Å². The molecule has 20 heavy (non-hydrogen) atoms. The van der Waals surface area contributed by atoms with Gasteiger partial charge in [-0.05, 0) is 37.5 Å². The van der Waals surface area contributed by atoms with E-state index >= 15 is 0 Å². The molecule has 1 aromatic heterocycles. The summed E-state index contributed by atoms with van der Waals surface area (Å²) < 4.78 is 13.5. The van der Waals surface area contributed by atoms with Gasteiger partial charge in [0.05, 0.1) is 5.69 Å². The summed E-state index contributed by atoms with van der Waals surface area (Å²) in [7, 11) is 0. The third kappa shape index (κ3) is 2.27. The average molecular weight is 292 g/mol. The second-order valence-electron chi connectivity index (χ2n) is 4.85. The van der Waals surface area contributed by atoms with Gasteiger partial charge in [-0.1, -0.05) is 6.07 Å². The number of aromatic nitrogens is 1. The number of nitrogens with one attached hydrogen (secondary N) is 1. The Balaban J connectivity index is 1.84. The van der Waals surface area contributed by atoms with Crippen molar-refractivity contribution in [1.82, 2.24) is 4.98 Å². The number of rotatable bonds is 3. The molecule has 1 unspecified atom stereocenters. The predicted octanol–water partition coefficient (Wildman–Crippen LogP) is 3.45. The third-order valence-electron chi connectivity index (χ3n) is 3.44. The number of carboxylic acid groups (broad SMARTS) is 1. The summed E-state index contributed by atoms with van der Waals surface area (Å²) in [5.74, 6) is -1.61. The molecule has 4 nitrogen and oxygen atoms in total. The first-order chi connectivity index (χ1) is 9.54. The molecule has 3 rings (SSSR count). The van der Waals surface area contributed by atoms with Gasteiger partial charge in [0.15, 0.2) is 5.13 Å². The maximum absolute atomic E-state index is 13.5. The fraction of sp³-hybridized carbons (Fsp3) is 0.286. The van der Waals surface area contributed by atoms with E-state index in [0.717, 1.165) is 11.3 Å². The maximum Gasteiger partial charge on any atom is 0.312 e. The van der Waals surface area contributed by atoms with Crippen molar-refractivity contribution in [3.8, 4) is 0 Å². The SMILES string of the molecule is Cc1ccc(Nc2nc3c(s2)CCC3C(=O)O)cc1F. The number of carbonyl (C=O) groups is 1. The lowest BCUT2D eigenvalue weighted by Crippen LogP contribution is -2.08. The molecule has 1 aromatic carbocycles. The standard InChI is InChI=1S/C14H13FN2O2S/c1-7-2-3-8(6-10(7)15)16-14-17-12-9(13(18)19)4-5-11(12)20-14/h2-3,6,9H,4-5H2,1H3,(H,16,17)(H,18,19). The molecular weight excluding hydrogens is 279 g/mol. The van der Waals surface area contributed by atoms with Gasteiger partial charge in [-0.2, -0.15) is 0 Å². The highest BCUT2D eigenvalue weighted by Crippen LogP contribution is 2.39. The highest BCUT2D eigenvalue weighted by Gasteiger charge is 2.32. The summed E-state index contributed by atoms with van der Waals surface area (Å²) in [5, 5.41) is 12.8. The van der Waals surface area contributed by atoms with Gasteiger partial charge in [0.1, 0.15) is 11.7 Å². The monoisotopic (exact) mass is 292 g/mol. The van der Waals surface area contributed by atoms with Crippen LogP contribution in [0.15, 0.2) is 18.2 Å². The summed E-state index contributed by atoms with van der Waals surface area (Å²) in [5.41, 5.74) is 1.85. The van der Waals surface area contributed by atoms with Gasteiger partial charge in [0.25, 0.3) is 0 Å². The first-order valence-electron chi connectivity index (χ1n) is 6.30. The first-order valence-corrected chi connectivity index (χ1v) is 7.12. The number of anilines is 2. The van der Waals surface area contributed by atoms with Crippen molar-refractivity contribution in [1.29, 1.82) is 0 Å². The molecule has 2 N–H and O–H groups in total. The molecule has 1 heterocycles. The van der Waals surface area contributed by atoms with Crippen LogP contribution in [0.1, 0.15) is 28.5 Å². The van der Waals surface area contributed by atoms with Crippen LogP contribution in [0.25, 0.3) is 0 Å². The Morgan fingerprint density at radius 3 is 3.05 bits per heavy atom. The summed E-state index contributed by atoms with van der Waals surface area (Å²) >= 11 is 1.44. The van der Waals surface area contributed by atoms with E-state index in [1.807, 2.05) is 0 Å². The van der Waals surface area contributed by atoms with Crippen LogP contribution in [-0.4, -0.2) is 16.1 Å². The van der Waals surface area contributed by atoms with Gasteiger partial charge in [-0.25, -0.2) is 9.37 Å². The summed E-state index contributed by atoms with van der Waals surface area (Å²) in [6, 6.07) is 4.88. The number of fused-ring (bicyclic) bond motifs is 1. The molecule has 0 bridgehead atoms. The van der Waals surface area contributed by atoms with Crippen LogP contribution in [0.3, 0.4) is 0 Å². The van der Waals surface area contributed by atoms with Crippen molar-refractivity contribution in [2.24, 2.45) is 0 Å². The molecule has 0 radical (unpaired) electrons. The minimum atomic E-state index is -0.831. The minimum absolute atomic E-state index is 0.275. The third-order valence-corrected chi connectivity index (χ3v) is 4.49. The molecule has 1 aliphatic rings.